The number of fused-ring (bicyclic) bond motifs is 3. The van der Waals surface area contributed by atoms with E-state index in [-0.39, 0.29) is 11.7 Å². The number of carbonyl (C=O) groups is 2. The van der Waals surface area contributed by atoms with Gasteiger partial charge in [0.05, 0.1) is 0 Å². The third-order valence-corrected chi connectivity index (χ3v) is 6.12. The second kappa shape index (κ2) is 6.08. The molecule has 5 rings (SSSR count). The molecule has 3 nitrogen and oxygen atoms in total. The summed E-state index contributed by atoms with van der Waals surface area (Å²) >= 11 is 0. The molecule has 2 aromatic rings. The number of rotatable bonds is 3. The minimum absolute atomic E-state index is 0.0425. The summed E-state index contributed by atoms with van der Waals surface area (Å²) < 4.78 is 0. The predicted octanol–water partition coefficient (Wildman–Crippen LogP) is 4.84. The number of ketones is 1. The Kier molecular flexibility index (Phi) is 3.70. The number of carbonyl (C=O) groups excluding carboxylic acids is 2. The highest BCUT2D eigenvalue weighted by atomic mass is 16.2. The Morgan fingerprint density at radius 1 is 0.769 bits per heavy atom. The molecular formula is C23H23NO2. The van der Waals surface area contributed by atoms with Crippen LogP contribution < -0.4 is 0 Å². The third-order valence-electron chi connectivity index (χ3n) is 6.12. The molecule has 0 unspecified atom stereocenters. The summed E-state index contributed by atoms with van der Waals surface area (Å²) in [6.45, 7) is 0. The van der Waals surface area contributed by atoms with Crippen LogP contribution in [0.5, 0.6) is 0 Å². The standard InChI is InChI=1S/C23H23NO2/c25-22-20-9-5-4-8-18(20)19-13-10-15(14-21(19)22)23(26)24(17-11-12-17)16-6-2-1-3-7-16/h4-5,8-10,13-14,16-17H,1-3,6-7,11-12H2. The summed E-state index contributed by atoms with van der Waals surface area (Å²) in [5, 5.41) is 0. The van der Waals surface area contributed by atoms with Gasteiger partial charge in [0.25, 0.3) is 5.91 Å². The average Bonchev–Trinajstić information content (AvgIpc) is 3.48. The summed E-state index contributed by atoms with van der Waals surface area (Å²) in [6, 6.07) is 14.2. The molecule has 0 spiro atoms. The Balaban J connectivity index is 1.49. The van der Waals surface area contributed by atoms with Crippen molar-refractivity contribution in [2.45, 2.75) is 57.0 Å². The van der Waals surface area contributed by atoms with Crippen LogP contribution >= 0.6 is 0 Å². The van der Waals surface area contributed by atoms with Crippen LogP contribution in [-0.4, -0.2) is 28.7 Å². The number of nitrogens with zero attached hydrogens (tertiary/aromatic N) is 1. The monoisotopic (exact) mass is 345 g/mol. The molecule has 132 valence electrons. The van der Waals surface area contributed by atoms with Crippen molar-refractivity contribution in [2.24, 2.45) is 0 Å². The van der Waals surface area contributed by atoms with Crippen molar-refractivity contribution in [1.29, 1.82) is 0 Å². The molecule has 0 aromatic heterocycles. The first-order chi connectivity index (χ1) is 12.7. The van der Waals surface area contributed by atoms with Crippen molar-refractivity contribution >= 4 is 11.7 Å². The van der Waals surface area contributed by atoms with E-state index in [0.29, 0.717) is 23.2 Å². The lowest BCUT2D eigenvalue weighted by atomic mass is 9.93. The van der Waals surface area contributed by atoms with Crippen LogP contribution in [0.15, 0.2) is 42.5 Å². The van der Waals surface area contributed by atoms with E-state index in [0.717, 1.165) is 42.4 Å². The molecule has 2 aromatic carbocycles. The van der Waals surface area contributed by atoms with E-state index in [9.17, 15) is 9.59 Å². The first-order valence-corrected chi connectivity index (χ1v) is 9.85. The van der Waals surface area contributed by atoms with E-state index in [1.165, 1.54) is 19.3 Å². The van der Waals surface area contributed by atoms with Crippen LogP contribution in [0.2, 0.25) is 0 Å². The van der Waals surface area contributed by atoms with E-state index in [4.69, 9.17) is 0 Å². The van der Waals surface area contributed by atoms with Gasteiger partial charge in [-0.25, -0.2) is 0 Å². The number of amides is 1. The van der Waals surface area contributed by atoms with Crippen molar-refractivity contribution in [1.82, 2.24) is 4.90 Å². The molecule has 2 fully saturated rings. The van der Waals surface area contributed by atoms with Gasteiger partial charge in [-0.15, -0.1) is 0 Å². The van der Waals surface area contributed by atoms with Gasteiger partial charge in [-0.3, -0.25) is 9.59 Å². The molecule has 3 heteroatoms. The number of hydrogen-bond donors (Lipinski definition) is 0. The molecule has 0 bridgehead atoms. The summed E-state index contributed by atoms with van der Waals surface area (Å²) in [5.41, 5.74) is 4.04. The minimum Gasteiger partial charge on any atom is -0.333 e. The Morgan fingerprint density at radius 2 is 1.42 bits per heavy atom. The Bertz CT molecular complexity index is 891. The molecular weight excluding hydrogens is 322 g/mol. The molecule has 0 heterocycles. The minimum atomic E-state index is 0.0425. The second-order valence-electron chi connectivity index (χ2n) is 7.87. The van der Waals surface area contributed by atoms with Gasteiger partial charge in [-0.2, -0.15) is 0 Å². The molecule has 2 saturated carbocycles. The largest absolute Gasteiger partial charge is 0.333 e. The van der Waals surface area contributed by atoms with Crippen molar-refractivity contribution in [3.8, 4) is 11.1 Å². The van der Waals surface area contributed by atoms with E-state index < -0.39 is 0 Å². The lowest BCUT2D eigenvalue weighted by Crippen LogP contribution is -2.43. The molecule has 0 radical (unpaired) electrons. The molecule has 0 atom stereocenters. The maximum absolute atomic E-state index is 13.3. The second-order valence-corrected chi connectivity index (χ2v) is 7.87. The van der Waals surface area contributed by atoms with Crippen LogP contribution in [0.25, 0.3) is 11.1 Å². The number of benzene rings is 2. The zero-order valence-corrected chi connectivity index (χ0v) is 14.9. The quantitative estimate of drug-likeness (QED) is 0.681. The molecule has 0 N–H and O–H groups in total. The summed E-state index contributed by atoms with van der Waals surface area (Å²) in [5.74, 6) is 0.159. The van der Waals surface area contributed by atoms with Crippen molar-refractivity contribution in [3.63, 3.8) is 0 Å². The molecule has 3 aliphatic rings. The highest BCUT2D eigenvalue weighted by Crippen LogP contribution is 2.38. The summed E-state index contributed by atoms with van der Waals surface area (Å²) in [7, 11) is 0. The lowest BCUT2D eigenvalue weighted by Gasteiger charge is -2.34. The zero-order chi connectivity index (χ0) is 17.7. The summed E-state index contributed by atoms with van der Waals surface area (Å²) in [4.78, 5) is 28.2. The van der Waals surface area contributed by atoms with Crippen molar-refractivity contribution in [2.75, 3.05) is 0 Å². The fraction of sp³-hybridized carbons (Fsp3) is 0.391. The fourth-order valence-electron chi connectivity index (χ4n) is 4.65. The molecule has 26 heavy (non-hydrogen) atoms. The van der Waals surface area contributed by atoms with Gasteiger partial charge in [0.1, 0.15) is 0 Å². The smallest absolute Gasteiger partial charge is 0.254 e. The van der Waals surface area contributed by atoms with Crippen LogP contribution in [-0.2, 0) is 0 Å². The maximum atomic E-state index is 13.3. The Hall–Kier alpha value is -2.42. The zero-order valence-electron chi connectivity index (χ0n) is 14.9. The van der Waals surface area contributed by atoms with Gasteiger partial charge in [0.2, 0.25) is 0 Å². The van der Waals surface area contributed by atoms with Crippen LogP contribution in [0.4, 0.5) is 0 Å². The van der Waals surface area contributed by atoms with Crippen LogP contribution in [0.3, 0.4) is 0 Å². The van der Waals surface area contributed by atoms with Crippen molar-refractivity contribution in [3.05, 3.63) is 59.2 Å². The first-order valence-electron chi connectivity index (χ1n) is 9.85. The number of hydrogen-bond acceptors (Lipinski definition) is 2. The highest BCUT2D eigenvalue weighted by molar-refractivity contribution is 6.22. The molecule has 3 aliphatic carbocycles. The lowest BCUT2D eigenvalue weighted by molar-refractivity contribution is 0.0614. The third kappa shape index (κ3) is 2.49. The SMILES string of the molecule is O=C1c2ccccc2-c2ccc(C(=O)N(C3CCCCC3)C3CC3)cc21. The van der Waals surface area contributed by atoms with Gasteiger partial charge in [-0.1, -0.05) is 49.6 Å². The molecule has 0 saturated heterocycles. The average molecular weight is 345 g/mol. The van der Waals surface area contributed by atoms with Gasteiger partial charge in [0, 0.05) is 28.8 Å². The first kappa shape index (κ1) is 15.8. The molecule has 0 aliphatic heterocycles. The highest BCUT2D eigenvalue weighted by Gasteiger charge is 2.38. The van der Waals surface area contributed by atoms with Crippen LogP contribution in [0, 0.1) is 0 Å². The topological polar surface area (TPSA) is 37.4 Å². The maximum Gasteiger partial charge on any atom is 0.254 e. The van der Waals surface area contributed by atoms with Gasteiger partial charge < -0.3 is 4.90 Å². The van der Waals surface area contributed by atoms with Crippen molar-refractivity contribution < 1.29 is 9.59 Å². The normalized spacial score (nSPS) is 19.2. The summed E-state index contributed by atoms with van der Waals surface area (Å²) in [6.07, 6.45) is 8.22. The van der Waals surface area contributed by atoms with E-state index in [1.807, 2.05) is 42.5 Å². The molecule has 1 amide bonds. The van der Waals surface area contributed by atoms with Gasteiger partial charge in [-0.05, 0) is 48.9 Å². The van der Waals surface area contributed by atoms with E-state index >= 15 is 0 Å². The van der Waals surface area contributed by atoms with Crippen LogP contribution in [0.1, 0.15) is 71.2 Å². The van der Waals surface area contributed by atoms with Gasteiger partial charge in [0.15, 0.2) is 5.78 Å². The fourth-order valence-corrected chi connectivity index (χ4v) is 4.65. The Morgan fingerprint density at radius 3 is 2.15 bits per heavy atom. The van der Waals surface area contributed by atoms with Gasteiger partial charge >= 0.3 is 0 Å². The Labute approximate surface area is 154 Å². The predicted molar refractivity (Wildman–Crippen MR) is 101 cm³/mol. The van der Waals surface area contributed by atoms with E-state index in [2.05, 4.69) is 4.90 Å². The van der Waals surface area contributed by atoms with E-state index in [1.54, 1.807) is 0 Å².